The van der Waals surface area contributed by atoms with Crippen LogP contribution in [0.5, 0.6) is 0 Å². The van der Waals surface area contributed by atoms with Crippen LogP contribution in [-0.2, 0) is 13.1 Å². The van der Waals surface area contributed by atoms with Crippen LogP contribution in [0.15, 0.2) is 12.5 Å². The number of nitrogens with zero attached hydrogens (tertiary/aromatic N) is 2. The normalized spacial score (nSPS) is 27.0. The maximum atomic E-state index is 5.64. The van der Waals surface area contributed by atoms with Crippen LogP contribution >= 0.6 is 0 Å². The number of hydrogen-bond acceptors (Lipinski definition) is 2. The SMILES string of the molecule is CC1CCC(Cn2cncc2CN)C1. The minimum absolute atomic E-state index is 0.599. The van der Waals surface area contributed by atoms with E-state index < -0.39 is 0 Å². The largest absolute Gasteiger partial charge is 0.333 e. The average molecular weight is 193 g/mol. The van der Waals surface area contributed by atoms with Crippen molar-refractivity contribution < 1.29 is 0 Å². The molecule has 0 radical (unpaired) electrons. The Labute approximate surface area is 85.3 Å². The fourth-order valence-corrected chi connectivity index (χ4v) is 2.45. The monoisotopic (exact) mass is 193 g/mol. The van der Waals surface area contributed by atoms with Gasteiger partial charge < -0.3 is 10.3 Å². The number of nitrogens with two attached hydrogens (primary N) is 1. The van der Waals surface area contributed by atoms with Crippen molar-refractivity contribution in [2.45, 2.75) is 39.3 Å². The molecule has 3 heteroatoms. The van der Waals surface area contributed by atoms with Gasteiger partial charge in [0, 0.05) is 19.3 Å². The van der Waals surface area contributed by atoms with Gasteiger partial charge in [-0.05, 0) is 24.7 Å². The maximum Gasteiger partial charge on any atom is 0.0948 e. The molecule has 0 aromatic carbocycles. The van der Waals surface area contributed by atoms with E-state index in [0.29, 0.717) is 6.54 Å². The van der Waals surface area contributed by atoms with Crippen LogP contribution in [0.4, 0.5) is 0 Å². The molecule has 3 nitrogen and oxygen atoms in total. The molecule has 2 rings (SSSR count). The molecular formula is C11H19N3. The lowest BCUT2D eigenvalue weighted by Crippen LogP contribution is -2.12. The van der Waals surface area contributed by atoms with E-state index in [4.69, 9.17) is 5.73 Å². The lowest BCUT2D eigenvalue weighted by molar-refractivity contribution is 0.433. The second-order valence-electron chi connectivity index (χ2n) is 4.53. The Morgan fingerprint density at radius 3 is 3.07 bits per heavy atom. The van der Waals surface area contributed by atoms with E-state index >= 15 is 0 Å². The highest BCUT2D eigenvalue weighted by atomic mass is 15.1. The molecule has 0 saturated heterocycles. The summed E-state index contributed by atoms with van der Waals surface area (Å²) in [7, 11) is 0. The predicted molar refractivity (Wildman–Crippen MR) is 56.6 cm³/mol. The Bertz CT molecular complexity index is 292. The topological polar surface area (TPSA) is 43.8 Å². The maximum absolute atomic E-state index is 5.64. The predicted octanol–water partition coefficient (Wildman–Crippen LogP) is 1.78. The number of aromatic nitrogens is 2. The van der Waals surface area contributed by atoms with Gasteiger partial charge >= 0.3 is 0 Å². The molecule has 0 amide bonds. The summed E-state index contributed by atoms with van der Waals surface area (Å²) in [6, 6.07) is 0. The molecule has 2 atom stereocenters. The van der Waals surface area contributed by atoms with E-state index in [1.807, 2.05) is 12.5 Å². The molecule has 2 unspecified atom stereocenters. The summed E-state index contributed by atoms with van der Waals surface area (Å²) >= 11 is 0. The Morgan fingerprint density at radius 2 is 2.43 bits per heavy atom. The van der Waals surface area contributed by atoms with Gasteiger partial charge in [-0.2, -0.15) is 0 Å². The van der Waals surface area contributed by atoms with Crippen molar-refractivity contribution in [2.24, 2.45) is 17.6 Å². The summed E-state index contributed by atoms with van der Waals surface area (Å²) in [6.07, 6.45) is 7.90. The average Bonchev–Trinajstić information content (AvgIpc) is 2.76. The molecule has 14 heavy (non-hydrogen) atoms. The van der Waals surface area contributed by atoms with Crippen molar-refractivity contribution >= 4 is 0 Å². The molecule has 0 aliphatic heterocycles. The zero-order valence-corrected chi connectivity index (χ0v) is 8.82. The van der Waals surface area contributed by atoms with Crippen LogP contribution in [-0.4, -0.2) is 9.55 Å². The van der Waals surface area contributed by atoms with Crippen LogP contribution in [0.1, 0.15) is 31.9 Å². The van der Waals surface area contributed by atoms with Crippen molar-refractivity contribution in [2.75, 3.05) is 0 Å². The first-order chi connectivity index (χ1) is 6.79. The van der Waals surface area contributed by atoms with Gasteiger partial charge in [0.25, 0.3) is 0 Å². The van der Waals surface area contributed by atoms with Gasteiger partial charge in [0.1, 0.15) is 0 Å². The first kappa shape index (κ1) is 9.71. The standard InChI is InChI=1S/C11H19N3/c1-9-2-3-10(4-9)7-14-8-13-6-11(14)5-12/h6,8-10H,2-5,7,12H2,1H3. The minimum Gasteiger partial charge on any atom is -0.333 e. The second-order valence-corrected chi connectivity index (χ2v) is 4.53. The van der Waals surface area contributed by atoms with Gasteiger partial charge in [0.2, 0.25) is 0 Å². The third kappa shape index (κ3) is 1.98. The van der Waals surface area contributed by atoms with Crippen LogP contribution < -0.4 is 5.73 Å². The highest BCUT2D eigenvalue weighted by Crippen LogP contribution is 2.31. The van der Waals surface area contributed by atoms with Crippen molar-refractivity contribution in [1.29, 1.82) is 0 Å². The van der Waals surface area contributed by atoms with Crippen LogP contribution in [0, 0.1) is 11.8 Å². The smallest absolute Gasteiger partial charge is 0.0948 e. The van der Waals surface area contributed by atoms with Crippen molar-refractivity contribution in [1.82, 2.24) is 9.55 Å². The van der Waals surface area contributed by atoms with E-state index in [1.165, 1.54) is 19.3 Å². The highest BCUT2D eigenvalue weighted by molar-refractivity contribution is 4.97. The van der Waals surface area contributed by atoms with Gasteiger partial charge in [0.05, 0.1) is 12.0 Å². The molecule has 1 aromatic rings. The molecule has 1 aromatic heterocycles. The van der Waals surface area contributed by atoms with Crippen LogP contribution in [0.25, 0.3) is 0 Å². The summed E-state index contributed by atoms with van der Waals surface area (Å²) < 4.78 is 2.21. The molecule has 1 aliphatic carbocycles. The van der Waals surface area contributed by atoms with Gasteiger partial charge in [-0.15, -0.1) is 0 Å². The van der Waals surface area contributed by atoms with Gasteiger partial charge in [-0.3, -0.25) is 0 Å². The summed E-state index contributed by atoms with van der Waals surface area (Å²) in [4.78, 5) is 4.14. The molecule has 2 N–H and O–H groups in total. The summed E-state index contributed by atoms with van der Waals surface area (Å²) in [5.74, 6) is 1.74. The summed E-state index contributed by atoms with van der Waals surface area (Å²) in [6.45, 7) is 4.05. The summed E-state index contributed by atoms with van der Waals surface area (Å²) in [5, 5.41) is 0. The molecule has 1 fully saturated rings. The zero-order chi connectivity index (χ0) is 9.97. The molecule has 1 saturated carbocycles. The van der Waals surface area contributed by atoms with E-state index in [2.05, 4.69) is 16.5 Å². The van der Waals surface area contributed by atoms with Gasteiger partial charge in [-0.25, -0.2) is 4.98 Å². The first-order valence-corrected chi connectivity index (χ1v) is 5.48. The van der Waals surface area contributed by atoms with Crippen LogP contribution in [0.2, 0.25) is 0 Å². The lowest BCUT2D eigenvalue weighted by atomic mass is 10.1. The quantitative estimate of drug-likeness (QED) is 0.795. The van der Waals surface area contributed by atoms with Crippen molar-refractivity contribution in [3.05, 3.63) is 18.2 Å². The molecule has 1 heterocycles. The molecule has 0 spiro atoms. The van der Waals surface area contributed by atoms with Crippen molar-refractivity contribution in [3.8, 4) is 0 Å². The molecule has 1 aliphatic rings. The van der Waals surface area contributed by atoms with E-state index in [0.717, 1.165) is 24.1 Å². The Balaban J connectivity index is 1.97. The molecule has 0 bridgehead atoms. The Hall–Kier alpha value is -0.830. The Morgan fingerprint density at radius 1 is 1.57 bits per heavy atom. The third-order valence-corrected chi connectivity index (χ3v) is 3.27. The van der Waals surface area contributed by atoms with E-state index in [9.17, 15) is 0 Å². The number of hydrogen-bond donors (Lipinski definition) is 1. The Kier molecular flexibility index (Phi) is 2.87. The number of rotatable bonds is 3. The van der Waals surface area contributed by atoms with Crippen molar-refractivity contribution in [3.63, 3.8) is 0 Å². The first-order valence-electron chi connectivity index (χ1n) is 5.48. The van der Waals surface area contributed by atoms with Crippen LogP contribution in [0.3, 0.4) is 0 Å². The second kappa shape index (κ2) is 4.13. The highest BCUT2D eigenvalue weighted by Gasteiger charge is 2.21. The fraction of sp³-hybridized carbons (Fsp3) is 0.727. The number of imidazole rings is 1. The molecular weight excluding hydrogens is 174 g/mol. The summed E-state index contributed by atoms with van der Waals surface area (Å²) in [5.41, 5.74) is 6.79. The van der Waals surface area contributed by atoms with Gasteiger partial charge in [-0.1, -0.05) is 13.3 Å². The lowest BCUT2D eigenvalue weighted by Gasteiger charge is -2.12. The van der Waals surface area contributed by atoms with Gasteiger partial charge in [0.15, 0.2) is 0 Å². The minimum atomic E-state index is 0.599. The fourth-order valence-electron chi connectivity index (χ4n) is 2.45. The van der Waals surface area contributed by atoms with E-state index in [-0.39, 0.29) is 0 Å². The third-order valence-electron chi connectivity index (χ3n) is 3.27. The molecule has 78 valence electrons. The van der Waals surface area contributed by atoms with E-state index in [1.54, 1.807) is 0 Å². The zero-order valence-electron chi connectivity index (χ0n) is 8.82.